The third-order valence-electron chi connectivity index (χ3n) is 3.17. The van der Waals surface area contributed by atoms with Crippen molar-refractivity contribution in [3.8, 4) is 0 Å². The van der Waals surface area contributed by atoms with E-state index in [4.69, 9.17) is 0 Å². The zero-order chi connectivity index (χ0) is 16.1. The fourth-order valence-corrected chi connectivity index (χ4v) is 2.06. The fraction of sp³-hybridized carbons (Fsp3) is 0. The largest absolute Gasteiger partial charge is 0.275 e. The van der Waals surface area contributed by atoms with Gasteiger partial charge in [-0.2, -0.15) is 5.10 Å². The van der Waals surface area contributed by atoms with E-state index in [9.17, 15) is 8.78 Å². The first-order valence-corrected chi connectivity index (χ1v) is 6.99. The Bertz CT molecular complexity index is 777. The van der Waals surface area contributed by atoms with E-state index in [-0.39, 0.29) is 5.69 Å². The lowest BCUT2D eigenvalue weighted by Crippen LogP contribution is -2.08. The van der Waals surface area contributed by atoms with E-state index < -0.39 is 11.6 Å². The van der Waals surface area contributed by atoms with Gasteiger partial charge in [-0.25, -0.2) is 8.78 Å². The van der Waals surface area contributed by atoms with Crippen molar-refractivity contribution < 1.29 is 8.78 Å². The van der Waals surface area contributed by atoms with Gasteiger partial charge in [-0.15, -0.1) is 0 Å². The van der Waals surface area contributed by atoms with Crippen LogP contribution >= 0.6 is 0 Å². The summed E-state index contributed by atoms with van der Waals surface area (Å²) in [6.07, 6.45) is 1.66. The van der Waals surface area contributed by atoms with E-state index in [1.807, 2.05) is 42.5 Å². The Kier molecular flexibility index (Phi) is 4.38. The standard InChI is InChI=1S/C18H13F2N3/c19-14-9-10-16(15(20)12-14)22-23-18(13-6-2-1-3-7-13)17-8-4-5-11-21-17/h1-12,22H. The number of benzene rings is 2. The first kappa shape index (κ1) is 14.8. The number of pyridine rings is 1. The molecule has 0 bridgehead atoms. The number of rotatable bonds is 4. The summed E-state index contributed by atoms with van der Waals surface area (Å²) >= 11 is 0. The van der Waals surface area contributed by atoms with Crippen molar-refractivity contribution in [3.05, 3.63) is 95.8 Å². The summed E-state index contributed by atoms with van der Waals surface area (Å²) in [6.45, 7) is 0. The highest BCUT2D eigenvalue weighted by atomic mass is 19.1. The molecule has 1 heterocycles. The first-order valence-electron chi connectivity index (χ1n) is 6.99. The molecule has 0 saturated carbocycles. The topological polar surface area (TPSA) is 37.3 Å². The zero-order valence-corrected chi connectivity index (χ0v) is 12.1. The quantitative estimate of drug-likeness (QED) is 0.578. The van der Waals surface area contributed by atoms with Crippen LogP contribution in [0.25, 0.3) is 0 Å². The SMILES string of the molecule is Fc1ccc(NN=C(c2ccccc2)c2ccccn2)c(F)c1. The Hall–Kier alpha value is -3.08. The van der Waals surface area contributed by atoms with Crippen molar-refractivity contribution >= 4 is 11.4 Å². The minimum absolute atomic E-state index is 0.0933. The number of halogens is 2. The molecule has 0 spiro atoms. The molecule has 2 aromatic carbocycles. The Morgan fingerprint density at radius 2 is 1.70 bits per heavy atom. The van der Waals surface area contributed by atoms with Gasteiger partial charge in [-0.05, 0) is 24.3 Å². The van der Waals surface area contributed by atoms with Crippen molar-refractivity contribution in [3.63, 3.8) is 0 Å². The molecule has 23 heavy (non-hydrogen) atoms. The van der Waals surface area contributed by atoms with Crippen LogP contribution in [0.1, 0.15) is 11.3 Å². The summed E-state index contributed by atoms with van der Waals surface area (Å²) < 4.78 is 26.7. The maximum Gasteiger partial charge on any atom is 0.151 e. The van der Waals surface area contributed by atoms with E-state index in [0.717, 1.165) is 11.6 Å². The molecule has 114 valence electrons. The van der Waals surface area contributed by atoms with E-state index >= 15 is 0 Å². The van der Waals surface area contributed by atoms with Gasteiger partial charge in [0.15, 0.2) is 5.82 Å². The molecule has 0 unspecified atom stereocenters. The van der Waals surface area contributed by atoms with Gasteiger partial charge in [0.1, 0.15) is 11.5 Å². The predicted octanol–water partition coefficient (Wildman–Crippen LogP) is 4.22. The van der Waals surface area contributed by atoms with Crippen molar-refractivity contribution in [2.75, 3.05) is 5.43 Å². The summed E-state index contributed by atoms with van der Waals surface area (Å²) in [5.41, 5.74) is 4.78. The molecule has 0 fully saturated rings. The molecular weight excluding hydrogens is 296 g/mol. The Morgan fingerprint density at radius 3 is 2.39 bits per heavy atom. The molecule has 0 aliphatic rings. The molecule has 0 amide bonds. The van der Waals surface area contributed by atoms with Gasteiger partial charge in [-0.1, -0.05) is 36.4 Å². The number of aromatic nitrogens is 1. The van der Waals surface area contributed by atoms with Crippen LogP contribution in [0.4, 0.5) is 14.5 Å². The molecule has 3 aromatic rings. The molecule has 1 N–H and O–H groups in total. The van der Waals surface area contributed by atoms with E-state index in [0.29, 0.717) is 11.4 Å². The molecule has 0 aliphatic carbocycles. The highest BCUT2D eigenvalue weighted by Crippen LogP contribution is 2.16. The van der Waals surface area contributed by atoms with Crippen LogP contribution in [0.3, 0.4) is 0 Å². The van der Waals surface area contributed by atoms with Crippen LogP contribution < -0.4 is 5.43 Å². The normalized spacial score (nSPS) is 11.3. The molecule has 0 radical (unpaired) electrons. The van der Waals surface area contributed by atoms with Crippen molar-refractivity contribution in [1.82, 2.24) is 4.98 Å². The van der Waals surface area contributed by atoms with Crippen LogP contribution in [0.15, 0.2) is 78.0 Å². The number of nitrogens with zero attached hydrogens (tertiary/aromatic N) is 2. The van der Waals surface area contributed by atoms with E-state index in [1.54, 1.807) is 12.3 Å². The molecule has 0 aliphatic heterocycles. The van der Waals surface area contributed by atoms with E-state index in [2.05, 4.69) is 15.5 Å². The van der Waals surface area contributed by atoms with Gasteiger partial charge in [0, 0.05) is 17.8 Å². The predicted molar refractivity (Wildman–Crippen MR) is 86.3 cm³/mol. The summed E-state index contributed by atoms with van der Waals surface area (Å²) in [5, 5.41) is 4.27. The molecule has 0 saturated heterocycles. The third-order valence-corrected chi connectivity index (χ3v) is 3.17. The van der Waals surface area contributed by atoms with Crippen molar-refractivity contribution in [2.24, 2.45) is 5.10 Å². The number of hydrogen-bond donors (Lipinski definition) is 1. The number of nitrogens with one attached hydrogen (secondary N) is 1. The lowest BCUT2D eigenvalue weighted by atomic mass is 10.1. The van der Waals surface area contributed by atoms with Gasteiger partial charge >= 0.3 is 0 Å². The smallest absolute Gasteiger partial charge is 0.151 e. The molecule has 1 aromatic heterocycles. The van der Waals surface area contributed by atoms with Crippen LogP contribution in [0, 0.1) is 11.6 Å². The summed E-state index contributed by atoms with van der Waals surface area (Å²) in [5.74, 6) is -1.34. The highest BCUT2D eigenvalue weighted by Gasteiger charge is 2.09. The zero-order valence-electron chi connectivity index (χ0n) is 12.1. The summed E-state index contributed by atoms with van der Waals surface area (Å²) in [6, 6.07) is 18.2. The minimum Gasteiger partial charge on any atom is -0.275 e. The second kappa shape index (κ2) is 6.79. The van der Waals surface area contributed by atoms with Gasteiger partial charge < -0.3 is 0 Å². The van der Waals surface area contributed by atoms with Gasteiger partial charge in [-0.3, -0.25) is 10.4 Å². The lowest BCUT2D eigenvalue weighted by Gasteiger charge is -2.08. The maximum atomic E-state index is 13.7. The number of hydrogen-bond acceptors (Lipinski definition) is 3. The Labute approximate surface area is 132 Å². The Balaban J connectivity index is 1.98. The van der Waals surface area contributed by atoms with Gasteiger partial charge in [0.05, 0.1) is 11.4 Å². The fourth-order valence-electron chi connectivity index (χ4n) is 2.06. The van der Waals surface area contributed by atoms with Crippen LogP contribution in [0.2, 0.25) is 0 Å². The number of hydrazone groups is 1. The molecular formula is C18H13F2N3. The molecule has 5 heteroatoms. The van der Waals surface area contributed by atoms with E-state index in [1.165, 1.54) is 12.1 Å². The van der Waals surface area contributed by atoms with Crippen molar-refractivity contribution in [2.45, 2.75) is 0 Å². The second-order valence-electron chi connectivity index (χ2n) is 4.78. The maximum absolute atomic E-state index is 13.7. The van der Waals surface area contributed by atoms with Crippen LogP contribution in [-0.2, 0) is 0 Å². The summed E-state index contributed by atoms with van der Waals surface area (Å²) in [4.78, 5) is 4.28. The monoisotopic (exact) mass is 309 g/mol. The summed E-state index contributed by atoms with van der Waals surface area (Å²) in [7, 11) is 0. The second-order valence-corrected chi connectivity index (χ2v) is 4.78. The average molecular weight is 309 g/mol. The lowest BCUT2D eigenvalue weighted by molar-refractivity contribution is 0.585. The third kappa shape index (κ3) is 3.58. The molecule has 3 nitrogen and oxygen atoms in total. The first-order chi connectivity index (χ1) is 11.2. The Morgan fingerprint density at radius 1 is 0.913 bits per heavy atom. The van der Waals surface area contributed by atoms with Gasteiger partial charge in [0.2, 0.25) is 0 Å². The number of anilines is 1. The average Bonchev–Trinajstić information content (AvgIpc) is 2.59. The molecule has 0 atom stereocenters. The van der Waals surface area contributed by atoms with Crippen LogP contribution in [-0.4, -0.2) is 10.7 Å². The highest BCUT2D eigenvalue weighted by molar-refractivity contribution is 6.11. The van der Waals surface area contributed by atoms with Crippen LogP contribution in [0.5, 0.6) is 0 Å². The minimum atomic E-state index is -0.706. The van der Waals surface area contributed by atoms with Crippen molar-refractivity contribution in [1.29, 1.82) is 0 Å². The van der Waals surface area contributed by atoms with Gasteiger partial charge in [0.25, 0.3) is 0 Å². The molecule has 3 rings (SSSR count).